The molecule has 0 atom stereocenters. The Hall–Kier alpha value is -1.89. The Kier molecular flexibility index (Phi) is 4.62. The molecule has 1 aromatic heterocycles. The molecule has 1 aliphatic heterocycles. The molecule has 1 saturated heterocycles. The van der Waals surface area contributed by atoms with Gasteiger partial charge in [0.25, 0.3) is 0 Å². The molecular formula is C14H24N6O. The summed E-state index contributed by atoms with van der Waals surface area (Å²) in [7, 11) is 2.11. The van der Waals surface area contributed by atoms with Crippen molar-refractivity contribution in [1.82, 2.24) is 20.2 Å². The summed E-state index contributed by atoms with van der Waals surface area (Å²) in [6.45, 7) is 9.68. The van der Waals surface area contributed by atoms with Crippen molar-refractivity contribution in [1.29, 1.82) is 0 Å². The Labute approximate surface area is 125 Å². The lowest BCUT2D eigenvalue weighted by Gasteiger charge is -2.33. The second-order valence-electron chi connectivity index (χ2n) is 6.38. The van der Waals surface area contributed by atoms with Crippen molar-refractivity contribution in [3.8, 4) is 0 Å². The van der Waals surface area contributed by atoms with E-state index < -0.39 is 0 Å². The van der Waals surface area contributed by atoms with E-state index in [2.05, 4.69) is 37.4 Å². The lowest BCUT2D eigenvalue weighted by Crippen LogP contribution is -2.45. The first-order chi connectivity index (χ1) is 9.83. The number of nitrogens with one attached hydrogen (secondary N) is 2. The second-order valence-corrected chi connectivity index (χ2v) is 6.38. The standard InChI is InChI=1S/C14H24N6O/c1-14(2,3)18-13(21)17-11-9-12(16-10-15-11)20-7-5-19(4)6-8-20/h9-10H,5-8H2,1-4H3,(H2,15,16,17,18,21). The van der Waals surface area contributed by atoms with Crippen LogP contribution >= 0.6 is 0 Å². The van der Waals surface area contributed by atoms with E-state index in [9.17, 15) is 4.79 Å². The fraction of sp³-hybridized carbons (Fsp3) is 0.643. The highest BCUT2D eigenvalue weighted by molar-refractivity contribution is 5.89. The van der Waals surface area contributed by atoms with Gasteiger partial charge in [-0.25, -0.2) is 14.8 Å². The monoisotopic (exact) mass is 292 g/mol. The van der Waals surface area contributed by atoms with Crippen LogP contribution in [-0.2, 0) is 0 Å². The van der Waals surface area contributed by atoms with Crippen LogP contribution < -0.4 is 15.5 Å². The third-order valence-electron chi connectivity index (χ3n) is 3.21. The van der Waals surface area contributed by atoms with Crippen molar-refractivity contribution in [3.05, 3.63) is 12.4 Å². The van der Waals surface area contributed by atoms with E-state index >= 15 is 0 Å². The zero-order valence-electron chi connectivity index (χ0n) is 13.2. The van der Waals surface area contributed by atoms with Crippen LogP contribution in [0.1, 0.15) is 20.8 Å². The van der Waals surface area contributed by atoms with Crippen molar-refractivity contribution in [2.24, 2.45) is 0 Å². The third kappa shape index (κ3) is 4.86. The first kappa shape index (κ1) is 15.5. The molecule has 7 nitrogen and oxygen atoms in total. The summed E-state index contributed by atoms with van der Waals surface area (Å²) in [6.07, 6.45) is 1.49. The van der Waals surface area contributed by atoms with Gasteiger partial charge in [0.1, 0.15) is 18.0 Å². The number of urea groups is 1. The first-order valence-electron chi connectivity index (χ1n) is 7.18. The maximum absolute atomic E-state index is 11.9. The predicted octanol–water partition coefficient (Wildman–Crippen LogP) is 1.15. The van der Waals surface area contributed by atoms with Crippen LogP contribution in [0.3, 0.4) is 0 Å². The van der Waals surface area contributed by atoms with Crippen molar-refractivity contribution >= 4 is 17.7 Å². The second kappa shape index (κ2) is 6.26. The normalized spacial score (nSPS) is 16.7. The Morgan fingerprint density at radius 3 is 2.48 bits per heavy atom. The van der Waals surface area contributed by atoms with Gasteiger partial charge in [-0.1, -0.05) is 0 Å². The summed E-state index contributed by atoms with van der Waals surface area (Å²) >= 11 is 0. The molecule has 0 aliphatic carbocycles. The molecule has 1 aliphatic rings. The third-order valence-corrected chi connectivity index (χ3v) is 3.21. The van der Waals surface area contributed by atoms with Crippen LogP contribution in [0.15, 0.2) is 12.4 Å². The van der Waals surface area contributed by atoms with Gasteiger partial charge < -0.3 is 15.1 Å². The van der Waals surface area contributed by atoms with Crippen LogP contribution in [0.5, 0.6) is 0 Å². The number of amides is 2. The van der Waals surface area contributed by atoms with E-state index in [0.717, 1.165) is 32.0 Å². The lowest BCUT2D eigenvalue weighted by molar-refractivity contribution is 0.243. The molecule has 2 rings (SSSR count). The molecule has 0 saturated carbocycles. The number of aromatic nitrogens is 2. The average molecular weight is 292 g/mol. The number of likely N-dealkylation sites (N-methyl/N-ethyl adjacent to an activating group) is 1. The molecule has 0 radical (unpaired) electrons. The molecule has 0 bridgehead atoms. The molecule has 116 valence electrons. The largest absolute Gasteiger partial charge is 0.354 e. The van der Waals surface area contributed by atoms with Crippen molar-refractivity contribution < 1.29 is 4.79 Å². The first-order valence-corrected chi connectivity index (χ1v) is 7.18. The minimum absolute atomic E-state index is 0.259. The fourth-order valence-corrected chi connectivity index (χ4v) is 2.11. The zero-order valence-corrected chi connectivity index (χ0v) is 13.2. The number of rotatable bonds is 2. The molecule has 7 heteroatoms. The van der Waals surface area contributed by atoms with E-state index in [-0.39, 0.29) is 11.6 Å². The topological polar surface area (TPSA) is 73.4 Å². The van der Waals surface area contributed by atoms with Crippen LogP contribution in [0, 0.1) is 0 Å². The highest BCUT2D eigenvalue weighted by Gasteiger charge is 2.17. The van der Waals surface area contributed by atoms with Crippen molar-refractivity contribution in [3.63, 3.8) is 0 Å². The van der Waals surface area contributed by atoms with E-state index in [0.29, 0.717) is 5.82 Å². The zero-order chi connectivity index (χ0) is 15.5. The molecule has 2 heterocycles. The molecule has 2 amide bonds. The van der Waals surface area contributed by atoms with E-state index in [1.54, 1.807) is 0 Å². The molecule has 0 spiro atoms. The Balaban J connectivity index is 1.99. The van der Waals surface area contributed by atoms with E-state index in [1.165, 1.54) is 6.33 Å². The molecule has 0 unspecified atom stereocenters. The number of hydrogen-bond acceptors (Lipinski definition) is 5. The van der Waals surface area contributed by atoms with Gasteiger partial charge in [0.2, 0.25) is 0 Å². The average Bonchev–Trinajstić information content (AvgIpc) is 2.37. The Bertz CT molecular complexity index is 490. The highest BCUT2D eigenvalue weighted by Crippen LogP contribution is 2.15. The Morgan fingerprint density at radius 1 is 1.19 bits per heavy atom. The number of hydrogen-bond donors (Lipinski definition) is 2. The van der Waals surface area contributed by atoms with Crippen molar-refractivity contribution in [2.45, 2.75) is 26.3 Å². The number of anilines is 2. The van der Waals surface area contributed by atoms with Gasteiger partial charge >= 0.3 is 6.03 Å². The number of nitrogens with zero attached hydrogens (tertiary/aromatic N) is 4. The van der Waals surface area contributed by atoms with Gasteiger partial charge in [-0.2, -0.15) is 0 Å². The van der Waals surface area contributed by atoms with Crippen LogP contribution in [0.4, 0.5) is 16.4 Å². The molecule has 1 fully saturated rings. The smallest absolute Gasteiger partial charge is 0.320 e. The van der Waals surface area contributed by atoms with Crippen LogP contribution in [0.2, 0.25) is 0 Å². The maximum Gasteiger partial charge on any atom is 0.320 e. The van der Waals surface area contributed by atoms with Gasteiger partial charge in [0.05, 0.1) is 0 Å². The summed E-state index contributed by atoms with van der Waals surface area (Å²) in [5.41, 5.74) is -0.280. The predicted molar refractivity (Wildman–Crippen MR) is 83.6 cm³/mol. The maximum atomic E-state index is 11.9. The number of carbonyl (C=O) groups excluding carboxylic acids is 1. The fourth-order valence-electron chi connectivity index (χ4n) is 2.11. The number of piperazine rings is 1. The van der Waals surface area contributed by atoms with Gasteiger partial charge in [-0.3, -0.25) is 5.32 Å². The summed E-state index contributed by atoms with van der Waals surface area (Å²) < 4.78 is 0. The quantitative estimate of drug-likeness (QED) is 0.855. The Morgan fingerprint density at radius 2 is 1.86 bits per heavy atom. The SMILES string of the molecule is CN1CCN(c2cc(NC(=O)NC(C)(C)C)ncn2)CC1. The van der Waals surface area contributed by atoms with Crippen LogP contribution in [-0.4, -0.2) is 59.7 Å². The van der Waals surface area contributed by atoms with Gasteiger partial charge in [-0.05, 0) is 27.8 Å². The summed E-state index contributed by atoms with van der Waals surface area (Å²) in [6, 6.07) is 1.55. The molecule has 21 heavy (non-hydrogen) atoms. The minimum Gasteiger partial charge on any atom is -0.354 e. The lowest BCUT2D eigenvalue weighted by atomic mass is 10.1. The van der Waals surface area contributed by atoms with Crippen LogP contribution in [0.25, 0.3) is 0 Å². The summed E-state index contributed by atoms with van der Waals surface area (Å²) in [4.78, 5) is 24.7. The molecule has 1 aromatic rings. The molecular weight excluding hydrogens is 268 g/mol. The van der Waals surface area contributed by atoms with Crippen molar-refractivity contribution in [2.75, 3.05) is 43.4 Å². The number of carbonyl (C=O) groups is 1. The summed E-state index contributed by atoms with van der Waals surface area (Å²) in [5, 5.41) is 5.59. The van der Waals surface area contributed by atoms with Gasteiger partial charge in [0, 0.05) is 37.8 Å². The van der Waals surface area contributed by atoms with E-state index in [4.69, 9.17) is 0 Å². The van der Waals surface area contributed by atoms with E-state index in [1.807, 2.05) is 26.8 Å². The molecule has 0 aromatic carbocycles. The highest BCUT2D eigenvalue weighted by atomic mass is 16.2. The van der Waals surface area contributed by atoms with Gasteiger partial charge in [0.15, 0.2) is 0 Å². The minimum atomic E-state index is -0.280. The molecule has 2 N–H and O–H groups in total. The van der Waals surface area contributed by atoms with Gasteiger partial charge in [-0.15, -0.1) is 0 Å². The summed E-state index contributed by atoms with van der Waals surface area (Å²) in [5.74, 6) is 1.37.